The van der Waals surface area contributed by atoms with Gasteiger partial charge in [0.05, 0.1) is 5.69 Å². The highest BCUT2D eigenvalue weighted by molar-refractivity contribution is 6.30. The van der Waals surface area contributed by atoms with E-state index in [1.165, 1.54) is 0 Å². The molecule has 2 aromatic carbocycles. The topological polar surface area (TPSA) is 50.4 Å². The molecule has 0 aliphatic heterocycles. The van der Waals surface area contributed by atoms with Gasteiger partial charge in [-0.25, -0.2) is 4.99 Å². The van der Waals surface area contributed by atoms with Crippen LogP contribution < -0.4 is 11.1 Å². The zero-order valence-corrected chi connectivity index (χ0v) is 9.85. The quantitative estimate of drug-likeness (QED) is 0.629. The molecule has 86 valence electrons. The molecule has 0 aliphatic rings. The lowest BCUT2D eigenvalue weighted by molar-refractivity contribution is 1.44. The molecule has 0 amide bonds. The summed E-state index contributed by atoms with van der Waals surface area (Å²) in [5.74, 6) is 0.346. The molecule has 0 saturated carbocycles. The van der Waals surface area contributed by atoms with Gasteiger partial charge < -0.3 is 11.1 Å². The van der Waals surface area contributed by atoms with Crippen molar-refractivity contribution < 1.29 is 0 Å². The summed E-state index contributed by atoms with van der Waals surface area (Å²) >= 11 is 5.79. The third-order valence-corrected chi connectivity index (χ3v) is 2.37. The first-order valence-electron chi connectivity index (χ1n) is 5.16. The van der Waals surface area contributed by atoms with Crippen LogP contribution in [0.25, 0.3) is 0 Å². The number of hydrogen-bond acceptors (Lipinski definition) is 1. The summed E-state index contributed by atoms with van der Waals surface area (Å²) in [5.41, 5.74) is 7.45. The van der Waals surface area contributed by atoms with E-state index in [4.69, 9.17) is 17.3 Å². The predicted molar refractivity (Wildman–Crippen MR) is 72.8 cm³/mol. The number of anilines is 1. The van der Waals surface area contributed by atoms with Crippen molar-refractivity contribution in [1.82, 2.24) is 0 Å². The van der Waals surface area contributed by atoms with E-state index in [0.717, 1.165) is 11.4 Å². The van der Waals surface area contributed by atoms with Crippen molar-refractivity contribution in [2.24, 2.45) is 10.7 Å². The van der Waals surface area contributed by atoms with Crippen LogP contribution in [0.15, 0.2) is 59.6 Å². The Morgan fingerprint density at radius 2 is 1.65 bits per heavy atom. The van der Waals surface area contributed by atoms with Crippen molar-refractivity contribution in [2.75, 3.05) is 5.32 Å². The lowest BCUT2D eigenvalue weighted by atomic mass is 10.3. The number of guanidine groups is 1. The van der Waals surface area contributed by atoms with Gasteiger partial charge in [0.1, 0.15) is 0 Å². The fourth-order valence-electron chi connectivity index (χ4n) is 1.35. The van der Waals surface area contributed by atoms with E-state index in [1.54, 1.807) is 12.1 Å². The number of nitrogens with two attached hydrogens (primary N) is 1. The van der Waals surface area contributed by atoms with Gasteiger partial charge in [0.15, 0.2) is 5.96 Å². The number of halogens is 1. The normalized spacial score (nSPS) is 11.2. The molecule has 0 aliphatic carbocycles. The predicted octanol–water partition coefficient (Wildman–Crippen LogP) is 3.40. The van der Waals surface area contributed by atoms with Crippen molar-refractivity contribution in [3.05, 3.63) is 59.6 Å². The van der Waals surface area contributed by atoms with Gasteiger partial charge in [0.2, 0.25) is 0 Å². The number of nitrogens with one attached hydrogen (secondary N) is 1. The number of aliphatic imine (C=N–C) groups is 1. The zero-order valence-electron chi connectivity index (χ0n) is 9.10. The molecule has 2 aromatic rings. The van der Waals surface area contributed by atoms with Crippen LogP contribution >= 0.6 is 11.6 Å². The molecule has 3 nitrogen and oxygen atoms in total. The molecule has 0 radical (unpaired) electrons. The average Bonchev–Trinajstić information content (AvgIpc) is 2.33. The van der Waals surface area contributed by atoms with Crippen LogP contribution in [0.2, 0.25) is 5.02 Å². The molecule has 0 bridgehead atoms. The molecule has 2 rings (SSSR count). The maximum absolute atomic E-state index is 5.79. The summed E-state index contributed by atoms with van der Waals surface area (Å²) in [5, 5.41) is 3.68. The van der Waals surface area contributed by atoms with Gasteiger partial charge in [0.25, 0.3) is 0 Å². The standard InChI is InChI=1S/C13H12ClN3/c14-10-6-8-12(9-7-10)17-13(15)16-11-4-2-1-3-5-11/h1-9H,(H3,15,16,17). The Labute approximate surface area is 105 Å². The van der Waals surface area contributed by atoms with Crippen molar-refractivity contribution >= 4 is 28.9 Å². The lowest BCUT2D eigenvalue weighted by Crippen LogP contribution is -2.21. The fraction of sp³-hybridized carbons (Fsp3) is 0. The van der Waals surface area contributed by atoms with E-state index < -0.39 is 0 Å². The van der Waals surface area contributed by atoms with Gasteiger partial charge in [-0.1, -0.05) is 29.8 Å². The molecule has 0 aromatic heterocycles. The van der Waals surface area contributed by atoms with Gasteiger partial charge in [-0.15, -0.1) is 0 Å². The van der Waals surface area contributed by atoms with Crippen LogP contribution in [0.3, 0.4) is 0 Å². The van der Waals surface area contributed by atoms with Gasteiger partial charge >= 0.3 is 0 Å². The first-order valence-corrected chi connectivity index (χ1v) is 5.53. The summed E-state index contributed by atoms with van der Waals surface area (Å²) in [7, 11) is 0. The molecular weight excluding hydrogens is 234 g/mol. The summed E-state index contributed by atoms with van der Waals surface area (Å²) in [6.45, 7) is 0. The number of para-hydroxylation sites is 1. The van der Waals surface area contributed by atoms with Crippen LogP contribution in [0.1, 0.15) is 0 Å². The van der Waals surface area contributed by atoms with Gasteiger partial charge in [-0.05, 0) is 36.4 Å². The first kappa shape index (κ1) is 11.5. The van der Waals surface area contributed by atoms with E-state index in [0.29, 0.717) is 11.0 Å². The Hall–Kier alpha value is -2.00. The lowest BCUT2D eigenvalue weighted by Gasteiger charge is -2.05. The summed E-state index contributed by atoms with van der Waals surface area (Å²) in [6.07, 6.45) is 0. The minimum Gasteiger partial charge on any atom is -0.369 e. The maximum atomic E-state index is 5.79. The third-order valence-electron chi connectivity index (χ3n) is 2.12. The summed E-state index contributed by atoms with van der Waals surface area (Å²) < 4.78 is 0. The summed E-state index contributed by atoms with van der Waals surface area (Å²) in [4.78, 5) is 4.23. The van der Waals surface area contributed by atoms with Crippen LogP contribution in [0.4, 0.5) is 11.4 Å². The van der Waals surface area contributed by atoms with Gasteiger partial charge in [-0.2, -0.15) is 0 Å². The number of rotatable bonds is 2. The summed E-state index contributed by atoms with van der Waals surface area (Å²) in [6, 6.07) is 16.8. The highest BCUT2D eigenvalue weighted by atomic mass is 35.5. The van der Waals surface area contributed by atoms with E-state index in [1.807, 2.05) is 42.5 Å². The SMILES string of the molecule is NC(=Nc1ccccc1)Nc1ccc(Cl)cc1. The van der Waals surface area contributed by atoms with E-state index >= 15 is 0 Å². The molecular formula is C13H12ClN3. The second kappa shape index (κ2) is 5.37. The minimum absolute atomic E-state index is 0.346. The fourth-order valence-corrected chi connectivity index (χ4v) is 1.48. The Morgan fingerprint density at radius 3 is 2.29 bits per heavy atom. The Bertz CT molecular complexity index is 506. The Morgan fingerprint density at radius 1 is 1.00 bits per heavy atom. The van der Waals surface area contributed by atoms with E-state index in [-0.39, 0.29) is 0 Å². The highest BCUT2D eigenvalue weighted by Gasteiger charge is 1.95. The van der Waals surface area contributed by atoms with Crippen molar-refractivity contribution in [1.29, 1.82) is 0 Å². The third kappa shape index (κ3) is 3.50. The molecule has 0 saturated heterocycles. The van der Waals surface area contributed by atoms with Crippen molar-refractivity contribution in [3.63, 3.8) is 0 Å². The number of benzene rings is 2. The Kier molecular flexibility index (Phi) is 3.62. The molecule has 3 N–H and O–H groups in total. The molecule has 17 heavy (non-hydrogen) atoms. The van der Waals surface area contributed by atoms with E-state index in [2.05, 4.69) is 10.3 Å². The monoisotopic (exact) mass is 245 g/mol. The van der Waals surface area contributed by atoms with Crippen LogP contribution in [0.5, 0.6) is 0 Å². The van der Waals surface area contributed by atoms with Gasteiger partial charge in [0, 0.05) is 10.7 Å². The smallest absolute Gasteiger partial charge is 0.198 e. The second-order valence-corrected chi connectivity index (χ2v) is 3.90. The molecule has 0 spiro atoms. The maximum Gasteiger partial charge on any atom is 0.198 e. The van der Waals surface area contributed by atoms with Crippen molar-refractivity contribution in [2.45, 2.75) is 0 Å². The Balaban J connectivity index is 2.09. The number of nitrogens with zero attached hydrogens (tertiary/aromatic N) is 1. The first-order chi connectivity index (χ1) is 8.24. The molecule has 4 heteroatoms. The van der Waals surface area contributed by atoms with Crippen LogP contribution in [-0.2, 0) is 0 Å². The zero-order chi connectivity index (χ0) is 12.1. The molecule has 0 unspecified atom stereocenters. The van der Waals surface area contributed by atoms with Crippen molar-refractivity contribution in [3.8, 4) is 0 Å². The minimum atomic E-state index is 0.346. The molecule has 0 atom stereocenters. The van der Waals surface area contributed by atoms with Crippen LogP contribution in [-0.4, -0.2) is 5.96 Å². The van der Waals surface area contributed by atoms with E-state index in [9.17, 15) is 0 Å². The highest BCUT2D eigenvalue weighted by Crippen LogP contribution is 2.14. The van der Waals surface area contributed by atoms with Gasteiger partial charge in [-0.3, -0.25) is 0 Å². The molecule has 0 fully saturated rings. The second-order valence-electron chi connectivity index (χ2n) is 3.46. The number of hydrogen-bond donors (Lipinski definition) is 2. The largest absolute Gasteiger partial charge is 0.369 e. The molecule has 0 heterocycles. The van der Waals surface area contributed by atoms with Crippen LogP contribution in [0, 0.1) is 0 Å². The average molecular weight is 246 g/mol.